The minimum atomic E-state index is -0.646. The normalized spacial score (nSPS) is 12.4. The standard InChI is InChI=1S/C11H10BrNO2S/c1-15-8-4-2-7(3-5-8)9(14)10-11(12)13-6-16-10/h2-6,9,14H,1H3. The Balaban J connectivity index is 2.27. The van der Waals surface area contributed by atoms with E-state index < -0.39 is 6.10 Å². The molecule has 5 heteroatoms. The van der Waals surface area contributed by atoms with Crippen LogP contribution < -0.4 is 4.74 Å². The van der Waals surface area contributed by atoms with Gasteiger partial charge in [0.1, 0.15) is 16.5 Å². The summed E-state index contributed by atoms with van der Waals surface area (Å²) >= 11 is 4.73. The molecule has 2 aromatic rings. The maximum absolute atomic E-state index is 10.1. The van der Waals surface area contributed by atoms with Crippen LogP contribution in [0.3, 0.4) is 0 Å². The molecule has 2 rings (SSSR count). The second kappa shape index (κ2) is 4.95. The molecule has 1 heterocycles. The van der Waals surface area contributed by atoms with Gasteiger partial charge >= 0.3 is 0 Å². The van der Waals surface area contributed by atoms with Gasteiger partial charge in [-0.15, -0.1) is 11.3 Å². The maximum atomic E-state index is 10.1. The predicted molar refractivity (Wildman–Crippen MR) is 66.9 cm³/mol. The molecular formula is C11H10BrNO2S. The van der Waals surface area contributed by atoms with Crippen molar-refractivity contribution in [3.05, 3.63) is 44.8 Å². The summed E-state index contributed by atoms with van der Waals surface area (Å²) in [5.74, 6) is 0.777. The van der Waals surface area contributed by atoms with Crippen molar-refractivity contribution < 1.29 is 9.84 Å². The number of benzene rings is 1. The molecule has 1 aromatic carbocycles. The van der Waals surface area contributed by atoms with E-state index in [1.54, 1.807) is 12.6 Å². The zero-order chi connectivity index (χ0) is 11.5. The van der Waals surface area contributed by atoms with E-state index in [-0.39, 0.29) is 0 Å². The van der Waals surface area contributed by atoms with Crippen molar-refractivity contribution >= 4 is 27.3 Å². The number of rotatable bonds is 3. The molecule has 1 N–H and O–H groups in total. The highest BCUT2D eigenvalue weighted by molar-refractivity contribution is 9.10. The molecule has 84 valence electrons. The molecule has 1 atom stereocenters. The summed E-state index contributed by atoms with van der Waals surface area (Å²) in [6.07, 6.45) is -0.646. The molecule has 0 aliphatic carbocycles. The maximum Gasteiger partial charge on any atom is 0.123 e. The van der Waals surface area contributed by atoms with Gasteiger partial charge in [0.25, 0.3) is 0 Å². The quantitative estimate of drug-likeness (QED) is 0.947. The lowest BCUT2D eigenvalue weighted by molar-refractivity contribution is 0.223. The Morgan fingerprint density at radius 3 is 2.56 bits per heavy atom. The number of methoxy groups -OCH3 is 1. The fourth-order valence-electron chi connectivity index (χ4n) is 1.36. The van der Waals surface area contributed by atoms with E-state index >= 15 is 0 Å². The number of hydrogen-bond acceptors (Lipinski definition) is 4. The monoisotopic (exact) mass is 299 g/mol. The van der Waals surface area contributed by atoms with Crippen molar-refractivity contribution in [2.24, 2.45) is 0 Å². The van der Waals surface area contributed by atoms with Crippen LogP contribution in [0.15, 0.2) is 34.4 Å². The second-order valence-electron chi connectivity index (χ2n) is 3.18. The Morgan fingerprint density at radius 1 is 1.38 bits per heavy atom. The van der Waals surface area contributed by atoms with Crippen LogP contribution in [-0.2, 0) is 0 Å². The molecule has 0 bridgehead atoms. The molecule has 0 radical (unpaired) electrons. The summed E-state index contributed by atoms with van der Waals surface area (Å²) in [6, 6.07) is 7.34. The van der Waals surface area contributed by atoms with Crippen molar-refractivity contribution in [2.75, 3.05) is 7.11 Å². The summed E-state index contributed by atoms with van der Waals surface area (Å²) in [7, 11) is 1.62. The Kier molecular flexibility index (Phi) is 3.58. The summed E-state index contributed by atoms with van der Waals surface area (Å²) in [6.45, 7) is 0. The predicted octanol–water partition coefficient (Wildman–Crippen LogP) is 3.00. The number of hydrogen-bond donors (Lipinski definition) is 1. The van der Waals surface area contributed by atoms with Crippen LogP contribution in [0.1, 0.15) is 16.5 Å². The highest BCUT2D eigenvalue weighted by atomic mass is 79.9. The number of thiazole rings is 1. The molecule has 1 unspecified atom stereocenters. The molecule has 0 saturated heterocycles. The van der Waals surface area contributed by atoms with Gasteiger partial charge in [0.05, 0.1) is 17.5 Å². The summed E-state index contributed by atoms with van der Waals surface area (Å²) in [5, 5.41) is 10.1. The van der Waals surface area contributed by atoms with Crippen LogP contribution in [0, 0.1) is 0 Å². The highest BCUT2D eigenvalue weighted by Gasteiger charge is 2.15. The van der Waals surface area contributed by atoms with Gasteiger partial charge in [-0.3, -0.25) is 0 Å². The number of aliphatic hydroxyl groups is 1. The Morgan fingerprint density at radius 2 is 2.06 bits per heavy atom. The van der Waals surface area contributed by atoms with Crippen molar-refractivity contribution in [1.82, 2.24) is 4.98 Å². The van der Waals surface area contributed by atoms with E-state index in [0.717, 1.165) is 16.2 Å². The fraction of sp³-hybridized carbons (Fsp3) is 0.182. The first kappa shape index (κ1) is 11.6. The van der Waals surface area contributed by atoms with Crippen LogP contribution in [0.4, 0.5) is 0 Å². The molecule has 0 spiro atoms. The lowest BCUT2D eigenvalue weighted by Crippen LogP contribution is -1.98. The van der Waals surface area contributed by atoms with E-state index in [1.807, 2.05) is 24.3 Å². The van der Waals surface area contributed by atoms with E-state index in [4.69, 9.17) is 4.74 Å². The van der Waals surface area contributed by atoms with Gasteiger partial charge in [-0.05, 0) is 33.6 Å². The van der Waals surface area contributed by atoms with Gasteiger partial charge in [0, 0.05) is 0 Å². The largest absolute Gasteiger partial charge is 0.497 e. The summed E-state index contributed by atoms with van der Waals surface area (Å²) < 4.78 is 5.76. The SMILES string of the molecule is COc1ccc(C(O)c2scnc2Br)cc1. The highest BCUT2D eigenvalue weighted by Crippen LogP contribution is 2.31. The van der Waals surface area contributed by atoms with E-state index in [0.29, 0.717) is 4.60 Å². The smallest absolute Gasteiger partial charge is 0.123 e. The lowest BCUT2D eigenvalue weighted by Gasteiger charge is -2.09. The first-order chi connectivity index (χ1) is 7.72. The molecule has 0 aliphatic rings. The third-order valence-electron chi connectivity index (χ3n) is 2.23. The minimum absolute atomic E-state index is 0.646. The number of halogens is 1. The topological polar surface area (TPSA) is 42.4 Å². The summed E-state index contributed by atoms with van der Waals surface area (Å²) in [4.78, 5) is 4.86. The van der Waals surface area contributed by atoms with E-state index in [1.165, 1.54) is 11.3 Å². The molecule has 16 heavy (non-hydrogen) atoms. The van der Waals surface area contributed by atoms with E-state index in [9.17, 15) is 5.11 Å². The van der Waals surface area contributed by atoms with Gasteiger partial charge in [-0.1, -0.05) is 12.1 Å². The average Bonchev–Trinajstić information content (AvgIpc) is 2.75. The number of ether oxygens (including phenoxy) is 1. The third-order valence-corrected chi connectivity index (χ3v) is 4.00. The van der Waals surface area contributed by atoms with Crippen molar-refractivity contribution in [2.45, 2.75) is 6.10 Å². The van der Waals surface area contributed by atoms with Crippen molar-refractivity contribution in [1.29, 1.82) is 0 Å². The van der Waals surface area contributed by atoms with Gasteiger partial charge < -0.3 is 9.84 Å². The average molecular weight is 300 g/mol. The van der Waals surface area contributed by atoms with Crippen molar-refractivity contribution in [3.8, 4) is 5.75 Å². The molecular weight excluding hydrogens is 290 g/mol. The van der Waals surface area contributed by atoms with Gasteiger partial charge in [-0.25, -0.2) is 4.98 Å². The third kappa shape index (κ3) is 2.26. The minimum Gasteiger partial charge on any atom is -0.497 e. The molecule has 1 aromatic heterocycles. The van der Waals surface area contributed by atoms with Crippen LogP contribution in [0.5, 0.6) is 5.75 Å². The van der Waals surface area contributed by atoms with Crippen molar-refractivity contribution in [3.63, 3.8) is 0 Å². The van der Waals surface area contributed by atoms with E-state index in [2.05, 4.69) is 20.9 Å². The molecule has 0 fully saturated rings. The lowest BCUT2D eigenvalue weighted by atomic mass is 10.1. The van der Waals surface area contributed by atoms with Crippen LogP contribution in [0.2, 0.25) is 0 Å². The Labute approximate surface area is 106 Å². The molecule has 0 saturated carbocycles. The first-order valence-electron chi connectivity index (χ1n) is 4.63. The number of aliphatic hydroxyl groups excluding tert-OH is 1. The molecule has 0 aliphatic heterocycles. The Bertz CT molecular complexity index is 469. The number of aromatic nitrogens is 1. The van der Waals surface area contributed by atoms with Crippen LogP contribution in [-0.4, -0.2) is 17.2 Å². The summed E-state index contributed by atoms with van der Waals surface area (Å²) in [5.41, 5.74) is 2.53. The zero-order valence-corrected chi connectivity index (χ0v) is 11.0. The Hall–Kier alpha value is -0.910. The zero-order valence-electron chi connectivity index (χ0n) is 8.55. The van der Waals surface area contributed by atoms with Gasteiger partial charge in [0.15, 0.2) is 0 Å². The van der Waals surface area contributed by atoms with Crippen LogP contribution in [0.25, 0.3) is 0 Å². The second-order valence-corrected chi connectivity index (χ2v) is 4.82. The van der Waals surface area contributed by atoms with Gasteiger partial charge in [0.2, 0.25) is 0 Å². The number of nitrogens with zero attached hydrogens (tertiary/aromatic N) is 1. The molecule has 3 nitrogen and oxygen atoms in total. The van der Waals surface area contributed by atoms with Crippen LogP contribution >= 0.6 is 27.3 Å². The first-order valence-corrected chi connectivity index (χ1v) is 6.30. The fourth-order valence-corrected chi connectivity index (χ4v) is 2.78. The molecule has 0 amide bonds. The van der Waals surface area contributed by atoms with Gasteiger partial charge in [-0.2, -0.15) is 0 Å².